The summed E-state index contributed by atoms with van der Waals surface area (Å²) < 4.78 is 12.8. The van der Waals surface area contributed by atoms with Crippen LogP contribution in [0.15, 0.2) is 24.3 Å². The molecule has 130 valence electrons. The van der Waals surface area contributed by atoms with Crippen LogP contribution < -0.4 is 5.32 Å². The molecule has 0 bridgehead atoms. The Morgan fingerprint density at radius 1 is 1.25 bits per heavy atom. The summed E-state index contributed by atoms with van der Waals surface area (Å²) in [6.07, 6.45) is 1.33. The predicted octanol–water partition coefficient (Wildman–Crippen LogP) is 1.66. The molecule has 1 heterocycles. The lowest BCUT2D eigenvalue weighted by molar-refractivity contribution is -0.147. The maximum absolute atomic E-state index is 12.8. The number of hydrogen-bond acceptors (Lipinski definition) is 3. The molecular weight excluding hydrogens is 315 g/mol. The van der Waals surface area contributed by atoms with Crippen molar-refractivity contribution < 1.29 is 23.9 Å². The van der Waals surface area contributed by atoms with E-state index in [0.717, 1.165) is 0 Å². The molecule has 2 amide bonds. The number of piperidine rings is 1. The van der Waals surface area contributed by atoms with Gasteiger partial charge in [-0.15, -0.1) is 0 Å². The smallest absolute Gasteiger partial charge is 0.308 e. The highest BCUT2D eigenvalue weighted by Gasteiger charge is 2.32. The number of likely N-dealkylation sites (tertiary alicyclic amines) is 1. The third kappa shape index (κ3) is 4.53. The fourth-order valence-corrected chi connectivity index (χ4v) is 2.79. The zero-order valence-corrected chi connectivity index (χ0v) is 13.5. The zero-order valence-electron chi connectivity index (χ0n) is 13.5. The average molecular weight is 336 g/mol. The number of nitrogens with one attached hydrogen (secondary N) is 1. The second kappa shape index (κ2) is 7.90. The van der Waals surface area contributed by atoms with Gasteiger partial charge in [0.05, 0.1) is 5.92 Å². The molecule has 0 radical (unpaired) electrons. The fourth-order valence-electron chi connectivity index (χ4n) is 2.79. The van der Waals surface area contributed by atoms with E-state index in [1.807, 2.05) is 6.92 Å². The second-order valence-corrected chi connectivity index (χ2v) is 6.02. The molecule has 1 aromatic rings. The van der Waals surface area contributed by atoms with Gasteiger partial charge in [-0.3, -0.25) is 14.4 Å². The number of hydrogen-bond donors (Lipinski definition) is 2. The summed E-state index contributed by atoms with van der Waals surface area (Å²) in [7, 11) is 0. The quantitative estimate of drug-likeness (QED) is 0.856. The first-order chi connectivity index (χ1) is 11.4. The molecule has 0 saturated carbocycles. The summed E-state index contributed by atoms with van der Waals surface area (Å²) in [5, 5.41) is 11.7. The van der Waals surface area contributed by atoms with E-state index < -0.39 is 17.7 Å². The first-order valence-corrected chi connectivity index (χ1v) is 7.94. The number of carbonyl (C=O) groups excluding carboxylic acids is 2. The first-order valence-electron chi connectivity index (χ1n) is 7.94. The Kier molecular flexibility index (Phi) is 5.89. The molecule has 1 fully saturated rings. The van der Waals surface area contributed by atoms with Crippen LogP contribution in [0.4, 0.5) is 4.39 Å². The Morgan fingerprint density at radius 3 is 2.54 bits per heavy atom. The number of carbonyl (C=O) groups is 3. The molecule has 6 nitrogen and oxygen atoms in total. The molecule has 1 aliphatic heterocycles. The van der Waals surface area contributed by atoms with Crippen LogP contribution in [0.1, 0.15) is 36.5 Å². The molecule has 0 aromatic heterocycles. The molecule has 0 spiro atoms. The number of carboxylic acids is 1. The molecule has 0 aliphatic carbocycles. The van der Waals surface area contributed by atoms with Gasteiger partial charge in [-0.05, 0) is 44.0 Å². The second-order valence-electron chi connectivity index (χ2n) is 6.02. The van der Waals surface area contributed by atoms with Crippen molar-refractivity contribution in [3.63, 3.8) is 0 Å². The molecule has 1 saturated heterocycles. The van der Waals surface area contributed by atoms with Crippen LogP contribution in [0.25, 0.3) is 0 Å². The van der Waals surface area contributed by atoms with E-state index in [4.69, 9.17) is 5.11 Å². The number of aliphatic carboxylic acids is 1. The van der Waals surface area contributed by atoms with Crippen LogP contribution in [0.3, 0.4) is 0 Å². The van der Waals surface area contributed by atoms with Crippen molar-refractivity contribution in [1.29, 1.82) is 0 Å². The maximum Gasteiger partial charge on any atom is 0.308 e. The molecule has 1 aromatic carbocycles. The summed E-state index contributed by atoms with van der Waals surface area (Å²) in [5.41, 5.74) is 0.320. The van der Waals surface area contributed by atoms with Gasteiger partial charge in [0.2, 0.25) is 5.91 Å². The first kappa shape index (κ1) is 17.9. The molecule has 2 atom stereocenters. The van der Waals surface area contributed by atoms with Gasteiger partial charge in [0.25, 0.3) is 5.91 Å². The van der Waals surface area contributed by atoms with Crippen LogP contribution in [0.2, 0.25) is 0 Å². The zero-order chi connectivity index (χ0) is 17.7. The highest BCUT2D eigenvalue weighted by Crippen LogP contribution is 2.22. The number of amides is 2. The lowest BCUT2D eigenvalue weighted by Gasteiger charge is -2.36. The Hall–Kier alpha value is -2.44. The Bertz CT molecular complexity index is 618. The Morgan fingerprint density at radius 2 is 1.92 bits per heavy atom. The summed E-state index contributed by atoms with van der Waals surface area (Å²) in [6, 6.07) is 5.14. The van der Waals surface area contributed by atoms with Crippen LogP contribution in [0, 0.1) is 11.7 Å². The Labute approximate surface area is 139 Å². The number of benzene rings is 1. The van der Waals surface area contributed by atoms with Gasteiger partial charge in [-0.2, -0.15) is 0 Å². The standard InChI is InChI=1S/C17H21FN2O4/c1-11-2-3-13(17(23)24)10-20(11)15(21)8-9-19-16(22)12-4-6-14(18)7-5-12/h4-7,11,13H,2-3,8-10H2,1H3,(H,19,22)(H,23,24). The van der Waals surface area contributed by atoms with Crippen molar-refractivity contribution in [3.05, 3.63) is 35.6 Å². The van der Waals surface area contributed by atoms with Gasteiger partial charge in [-0.25, -0.2) is 4.39 Å². The van der Waals surface area contributed by atoms with E-state index in [9.17, 15) is 18.8 Å². The van der Waals surface area contributed by atoms with E-state index in [2.05, 4.69) is 5.32 Å². The minimum absolute atomic E-state index is 0.000833. The van der Waals surface area contributed by atoms with Crippen LogP contribution in [-0.4, -0.2) is 46.9 Å². The molecule has 2 unspecified atom stereocenters. The number of halogens is 1. The fraction of sp³-hybridized carbons (Fsp3) is 0.471. The normalized spacial score (nSPS) is 20.5. The number of carboxylic acid groups (broad SMARTS) is 1. The highest BCUT2D eigenvalue weighted by atomic mass is 19.1. The third-order valence-corrected chi connectivity index (χ3v) is 4.28. The van der Waals surface area contributed by atoms with Gasteiger partial charge >= 0.3 is 5.97 Å². The van der Waals surface area contributed by atoms with Gasteiger partial charge in [0, 0.05) is 31.1 Å². The average Bonchev–Trinajstić information content (AvgIpc) is 2.55. The van der Waals surface area contributed by atoms with E-state index >= 15 is 0 Å². The summed E-state index contributed by atoms with van der Waals surface area (Å²) in [6.45, 7) is 2.25. The summed E-state index contributed by atoms with van der Waals surface area (Å²) in [5.74, 6) is -2.39. The van der Waals surface area contributed by atoms with E-state index in [-0.39, 0.29) is 37.4 Å². The van der Waals surface area contributed by atoms with Crippen molar-refractivity contribution in [2.45, 2.75) is 32.2 Å². The highest BCUT2D eigenvalue weighted by molar-refractivity contribution is 5.94. The predicted molar refractivity (Wildman–Crippen MR) is 84.9 cm³/mol. The minimum Gasteiger partial charge on any atom is -0.481 e. The minimum atomic E-state index is -0.885. The van der Waals surface area contributed by atoms with Crippen molar-refractivity contribution in [2.75, 3.05) is 13.1 Å². The monoisotopic (exact) mass is 336 g/mol. The maximum atomic E-state index is 12.8. The van der Waals surface area contributed by atoms with Crippen molar-refractivity contribution in [2.24, 2.45) is 5.92 Å². The summed E-state index contributed by atoms with van der Waals surface area (Å²) >= 11 is 0. The molecule has 1 aliphatic rings. The van der Waals surface area contributed by atoms with E-state index in [0.29, 0.717) is 18.4 Å². The van der Waals surface area contributed by atoms with E-state index in [1.54, 1.807) is 4.90 Å². The molecule has 2 rings (SSSR count). The van der Waals surface area contributed by atoms with Crippen molar-refractivity contribution >= 4 is 17.8 Å². The number of rotatable bonds is 5. The van der Waals surface area contributed by atoms with E-state index in [1.165, 1.54) is 24.3 Å². The molecule has 7 heteroatoms. The molecule has 24 heavy (non-hydrogen) atoms. The van der Waals surface area contributed by atoms with Gasteiger partial charge in [0.15, 0.2) is 0 Å². The van der Waals surface area contributed by atoms with Crippen LogP contribution in [0.5, 0.6) is 0 Å². The van der Waals surface area contributed by atoms with Gasteiger partial charge in [-0.1, -0.05) is 0 Å². The SMILES string of the molecule is CC1CCC(C(=O)O)CN1C(=O)CCNC(=O)c1ccc(F)cc1. The topological polar surface area (TPSA) is 86.7 Å². The lowest BCUT2D eigenvalue weighted by atomic mass is 9.93. The van der Waals surface area contributed by atoms with Crippen molar-refractivity contribution in [1.82, 2.24) is 10.2 Å². The van der Waals surface area contributed by atoms with Gasteiger partial charge in [0.1, 0.15) is 5.82 Å². The number of nitrogens with zero attached hydrogens (tertiary/aromatic N) is 1. The summed E-state index contributed by atoms with van der Waals surface area (Å²) in [4.78, 5) is 36.8. The van der Waals surface area contributed by atoms with Crippen LogP contribution in [-0.2, 0) is 9.59 Å². The van der Waals surface area contributed by atoms with Crippen molar-refractivity contribution in [3.8, 4) is 0 Å². The third-order valence-electron chi connectivity index (χ3n) is 4.28. The molecule has 2 N–H and O–H groups in total. The Balaban J connectivity index is 1.82. The van der Waals surface area contributed by atoms with Crippen LogP contribution >= 0.6 is 0 Å². The lowest BCUT2D eigenvalue weighted by Crippen LogP contribution is -2.48. The molecular formula is C17H21FN2O4. The van der Waals surface area contributed by atoms with Gasteiger partial charge < -0.3 is 15.3 Å². The largest absolute Gasteiger partial charge is 0.481 e.